The van der Waals surface area contributed by atoms with Gasteiger partial charge in [0.2, 0.25) is 0 Å². The summed E-state index contributed by atoms with van der Waals surface area (Å²) in [7, 11) is 1.73. The third kappa shape index (κ3) is 4.28. The molecule has 30 heavy (non-hydrogen) atoms. The largest absolute Gasteiger partial charge is 0.495 e. The molecule has 0 saturated carbocycles. The van der Waals surface area contributed by atoms with E-state index in [2.05, 4.69) is 32.6 Å². The van der Waals surface area contributed by atoms with Crippen LogP contribution < -0.4 is 15.4 Å². The fourth-order valence-electron chi connectivity index (χ4n) is 4.35. The van der Waals surface area contributed by atoms with Crippen molar-refractivity contribution in [1.82, 2.24) is 9.47 Å². The molecular formula is C24H30N4O2. The summed E-state index contributed by atoms with van der Waals surface area (Å²) in [6.07, 6.45) is 4.11. The van der Waals surface area contributed by atoms with Gasteiger partial charge in [0, 0.05) is 49.8 Å². The average molecular weight is 407 g/mol. The number of nitrogens with zero attached hydrogens (tertiary/aromatic N) is 3. The number of fused-ring (bicyclic) bond motifs is 1. The molecule has 0 radical (unpaired) electrons. The molecule has 6 heteroatoms. The minimum atomic E-state index is -0.363. The molecule has 0 spiro atoms. The molecule has 2 N–H and O–H groups in total. The molecule has 2 aromatic carbocycles. The highest BCUT2D eigenvalue weighted by molar-refractivity contribution is 6.06. The maximum atomic E-state index is 11.7. The van der Waals surface area contributed by atoms with Gasteiger partial charge < -0.3 is 19.9 Å². The molecule has 1 saturated heterocycles. The molecule has 0 aliphatic carbocycles. The van der Waals surface area contributed by atoms with Gasteiger partial charge in [0.1, 0.15) is 5.75 Å². The number of benzene rings is 2. The van der Waals surface area contributed by atoms with E-state index in [1.807, 2.05) is 36.5 Å². The maximum Gasteiger partial charge on any atom is 0.250 e. The fraction of sp³-hybridized carbons (Fsp3) is 0.375. The van der Waals surface area contributed by atoms with Crippen LogP contribution in [0.2, 0.25) is 0 Å². The van der Waals surface area contributed by atoms with Crippen molar-refractivity contribution in [2.24, 2.45) is 5.73 Å². The van der Waals surface area contributed by atoms with Crippen molar-refractivity contribution in [2.45, 2.75) is 19.4 Å². The van der Waals surface area contributed by atoms with Crippen LogP contribution >= 0.6 is 0 Å². The number of primary amides is 1. The summed E-state index contributed by atoms with van der Waals surface area (Å²) < 4.78 is 7.67. The van der Waals surface area contributed by atoms with E-state index in [1.54, 1.807) is 7.11 Å². The van der Waals surface area contributed by atoms with E-state index in [0.29, 0.717) is 5.56 Å². The van der Waals surface area contributed by atoms with Crippen LogP contribution in [0.5, 0.6) is 5.75 Å². The van der Waals surface area contributed by atoms with E-state index in [-0.39, 0.29) is 5.91 Å². The van der Waals surface area contributed by atoms with Crippen molar-refractivity contribution in [3.8, 4) is 5.75 Å². The lowest BCUT2D eigenvalue weighted by Crippen LogP contribution is -2.46. The first-order chi connectivity index (χ1) is 14.7. The van der Waals surface area contributed by atoms with Crippen molar-refractivity contribution >= 4 is 22.5 Å². The van der Waals surface area contributed by atoms with E-state index >= 15 is 0 Å². The highest BCUT2D eigenvalue weighted by Crippen LogP contribution is 2.28. The maximum absolute atomic E-state index is 11.7. The van der Waals surface area contributed by atoms with Gasteiger partial charge in [-0.2, -0.15) is 0 Å². The summed E-state index contributed by atoms with van der Waals surface area (Å²) in [5, 5.41) is 0.942. The van der Waals surface area contributed by atoms with Gasteiger partial charge in [0.25, 0.3) is 5.91 Å². The number of rotatable bonds is 8. The number of methoxy groups -OCH3 is 1. The van der Waals surface area contributed by atoms with Gasteiger partial charge in [-0.25, -0.2) is 0 Å². The Morgan fingerprint density at radius 1 is 0.967 bits per heavy atom. The van der Waals surface area contributed by atoms with Gasteiger partial charge >= 0.3 is 0 Å². The number of aryl methyl sites for hydroxylation is 1. The highest BCUT2D eigenvalue weighted by atomic mass is 16.5. The highest BCUT2D eigenvalue weighted by Gasteiger charge is 2.19. The van der Waals surface area contributed by atoms with Crippen LogP contribution in [0.3, 0.4) is 0 Å². The lowest BCUT2D eigenvalue weighted by Gasteiger charge is -2.36. The van der Waals surface area contributed by atoms with E-state index in [1.165, 1.54) is 5.69 Å². The average Bonchev–Trinajstić information content (AvgIpc) is 3.16. The zero-order valence-electron chi connectivity index (χ0n) is 17.6. The van der Waals surface area contributed by atoms with Crippen LogP contribution in [0.15, 0.2) is 54.7 Å². The lowest BCUT2D eigenvalue weighted by molar-refractivity contribution is 0.100. The minimum Gasteiger partial charge on any atom is -0.495 e. The summed E-state index contributed by atoms with van der Waals surface area (Å²) >= 11 is 0. The Kier molecular flexibility index (Phi) is 6.23. The molecule has 6 nitrogen and oxygen atoms in total. The number of nitrogens with two attached hydrogens (primary N) is 1. The third-order valence-corrected chi connectivity index (χ3v) is 5.98. The minimum absolute atomic E-state index is 0.363. The number of amides is 1. The number of aromatic nitrogens is 1. The predicted molar refractivity (Wildman–Crippen MR) is 121 cm³/mol. The number of hydrogen-bond acceptors (Lipinski definition) is 4. The first kappa shape index (κ1) is 20.3. The van der Waals surface area contributed by atoms with Crippen LogP contribution in [0.1, 0.15) is 23.2 Å². The van der Waals surface area contributed by atoms with Crippen LogP contribution in [0.25, 0.3) is 10.9 Å². The van der Waals surface area contributed by atoms with Gasteiger partial charge in [-0.15, -0.1) is 0 Å². The molecule has 4 rings (SSSR count). The predicted octanol–water partition coefficient (Wildman–Crippen LogP) is 3.35. The lowest BCUT2D eigenvalue weighted by atomic mass is 10.2. The number of para-hydroxylation sites is 3. The summed E-state index contributed by atoms with van der Waals surface area (Å²) in [5.41, 5.74) is 8.42. The molecular weight excluding hydrogens is 376 g/mol. The fourth-order valence-corrected chi connectivity index (χ4v) is 4.35. The van der Waals surface area contributed by atoms with Crippen molar-refractivity contribution < 1.29 is 9.53 Å². The molecule has 1 aliphatic heterocycles. The van der Waals surface area contributed by atoms with E-state index in [4.69, 9.17) is 10.5 Å². The molecule has 0 atom stereocenters. The van der Waals surface area contributed by atoms with Crippen molar-refractivity contribution in [1.29, 1.82) is 0 Å². The third-order valence-electron chi connectivity index (χ3n) is 5.98. The second-order valence-corrected chi connectivity index (χ2v) is 7.83. The summed E-state index contributed by atoms with van der Waals surface area (Å²) in [5.74, 6) is 0.582. The van der Waals surface area contributed by atoms with Crippen LogP contribution in [-0.2, 0) is 6.54 Å². The first-order valence-electron chi connectivity index (χ1n) is 10.7. The monoisotopic (exact) mass is 406 g/mol. The molecule has 1 aliphatic rings. The van der Waals surface area contributed by atoms with Gasteiger partial charge in [-0.05, 0) is 37.6 Å². The number of carbonyl (C=O) groups excluding carboxylic acids is 1. The second-order valence-electron chi connectivity index (χ2n) is 7.83. The number of piperazine rings is 1. The van der Waals surface area contributed by atoms with E-state index in [9.17, 15) is 4.79 Å². The number of ether oxygens (including phenoxy) is 1. The first-order valence-corrected chi connectivity index (χ1v) is 10.7. The Morgan fingerprint density at radius 3 is 2.43 bits per heavy atom. The SMILES string of the molecule is COc1ccccc1N1CCN(CCCCn2cc(C(N)=O)c3ccccc32)CC1. The number of carbonyl (C=O) groups is 1. The zero-order chi connectivity index (χ0) is 20.9. The molecule has 1 aromatic heterocycles. The van der Waals surface area contributed by atoms with Crippen LogP contribution in [0, 0.1) is 0 Å². The Labute approximate surface area is 177 Å². The number of anilines is 1. The normalized spacial score (nSPS) is 14.9. The van der Waals surface area contributed by atoms with Crippen molar-refractivity contribution in [3.63, 3.8) is 0 Å². The smallest absolute Gasteiger partial charge is 0.250 e. The van der Waals surface area contributed by atoms with Crippen LogP contribution in [-0.4, -0.2) is 55.2 Å². The Hall–Kier alpha value is -2.99. The summed E-state index contributed by atoms with van der Waals surface area (Å²) in [6.45, 7) is 6.17. The van der Waals surface area contributed by atoms with E-state index < -0.39 is 0 Å². The molecule has 1 amide bonds. The zero-order valence-corrected chi connectivity index (χ0v) is 17.6. The van der Waals surface area contributed by atoms with Gasteiger partial charge in [0.15, 0.2) is 0 Å². The topological polar surface area (TPSA) is 63.7 Å². The standard InChI is InChI=1S/C24H30N4O2/c1-30-23-11-5-4-10-22(23)27-16-14-26(15-17-27)12-6-7-13-28-18-20(24(25)29)19-8-2-3-9-21(19)28/h2-5,8-11,18H,6-7,12-17H2,1H3,(H2,25,29). The molecule has 158 valence electrons. The Morgan fingerprint density at radius 2 is 1.67 bits per heavy atom. The molecule has 2 heterocycles. The molecule has 0 unspecified atom stereocenters. The van der Waals surface area contributed by atoms with Gasteiger partial charge in [0.05, 0.1) is 18.4 Å². The second kappa shape index (κ2) is 9.22. The van der Waals surface area contributed by atoms with Crippen molar-refractivity contribution in [3.05, 3.63) is 60.3 Å². The Bertz CT molecular complexity index is 1010. The quantitative estimate of drug-likeness (QED) is 0.583. The summed E-state index contributed by atoms with van der Waals surface area (Å²) in [4.78, 5) is 16.7. The van der Waals surface area contributed by atoms with E-state index in [0.717, 1.165) is 68.8 Å². The van der Waals surface area contributed by atoms with Crippen molar-refractivity contribution in [2.75, 3.05) is 44.7 Å². The number of hydrogen-bond donors (Lipinski definition) is 1. The van der Waals surface area contributed by atoms with Crippen LogP contribution in [0.4, 0.5) is 5.69 Å². The van der Waals surface area contributed by atoms with Gasteiger partial charge in [-0.3, -0.25) is 9.69 Å². The Balaban J connectivity index is 1.26. The molecule has 3 aromatic rings. The summed E-state index contributed by atoms with van der Waals surface area (Å²) in [6, 6.07) is 16.2. The molecule has 1 fully saturated rings. The molecule has 0 bridgehead atoms. The number of unbranched alkanes of at least 4 members (excludes halogenated alkanes) is 1. The van der Waals surface area contributed by atoms with Gasteiger partial charge in [-0.1, -0.05) is 30.3 Å².